The van der Waals surface area contributed by atoms with Crippen molar-refractivity contribution in [1.29, 1.82) is 0 Å². The largest absolute Gasteiger partial charge is 0.342 e. The number of amides is 2. The molecule has 0 aliphatic carbocycles. The maximum atomic E-state index is 12.8. The van der Waals surface area contributed by atoms with Crippen LogP contribution in [0.5, 0.6) is 0 Å². The molecule has 2 aliphatic heterocycles. The molecule has 0 spiro atoms. The van der Waals surface area contributed by atoms with Crippen LogP contribution in [-0.4, -0.2) is 46.2 Å². The summed E-state index contributed by atoms with van der Waals surface area (Å²) in [5.74, 6) is 0.147. The van der Waals surface area contributed by atoms with Crippen LogP contribution in [-0.2, 0) is 29.1 Å². The number of hydrogen-bond donors (Lipinski definition) is 1. The van der Waals surface area contributed by atoms with Gasteiger partial charge in [-0.15, -0.1) is 11.3 Å². The summed E-state index contributed by atoms with van der Waals surface area (Å²) in [4.78, 5) is 35.5. The Morgan fingerprint density at radius 3 is 2.52 bits per heavy atom. The number of nitrogens with zero attached hydrogens (tertiary/aromatic N) is 3. The van der Waals surface area contributed by atoms with Crippen LogP contribution in [0.25, 0.3) is 0 Å². The van der Waals surface area contributed by atoms with Crippen LogP contribution in [0.2, 0.25) is 0 Å². The highest BCUT2D eigenvalue weighted by Crippen LogP contribution is 2.30. The molecule has 0 bridgehead atoms. The molecule has 1 saturated heterocycles. The summed E-state index contributed by atoms with van der Waals surface area (Å²) in [5, 5.41) is 3.77. The van der Waals surface area contributed by atoms with Gasteiger partial charge in [0.05, 0.1) is 5.69 Å². The van der Waals surface area contributed by atoms with Crippen molar-refractivity contribution >= 4 is 28.3 Å². The SMILES string of the molecule is CC(C)(C)C(=O)N1CCC(C(=O)Nc2nc3c(s2)CN(Cc2ccccc2)CC3)CC1. The zero-order valence-corrected chi connectivity index (χ0v) is 19.5. The summed E-state index contributed by atoms with van der Waals surface area (Å²) in [7, 11) is 0. The lowest BCUT2D eigenvalue weighted by Gasteiger charge is -2.35. The van der Waals surface area contributed by atoms with Crippen molar-refractivity contribution in [3.63, 3.8) is 0 Å². The number of rotatable bonds is 4. The Morgan fingerprint density at radius 1 is 1.13 bits per heavy atom. The highest BCUT2D eigenvalue weighted by Gasteiger charge is 2.32. The average Bonchev–Trinajstić information content (AvgIpc) is 3.15. The summed E-state index contributed by atoms with van der Waals surface area (Å²) < 4.78 is 0. The molecule has 0 atom stereocenters. The Kier molecular flexibility index (Phi) is 6.44. The third kappa shape index (κ3) is 5.33. The molecule has 1 fully saturated rings. The minimum Gasteiger partial charge on any atom is -0.342 e. The number of carbonyl (C=O) groups is 2. The number of anilines is 1. The van der Waals surface area contributed by atoms with Crippen molar-refractivity contribution in [2.45, 2.75) is 53.1 Å². The number of nitrogens with one attached hydrogen (secondary N) is 1. The summed E-state index contributed by atoms with van der Waals surface area (Å²) in [6, 6.07) is 10.5. The lowest BCUT2D eigenvalue weighted by molar-refractivity contribution is -0.142. The van der Waals surface area contributed by atoms with Gasteiger partial charge in [-0.2, -0.15) is 0 Å². The average molecular weight is 441 g/mol. The second-order valence-electron chi connectivity index (χ2n) is 9.64. The molecule has 2 amide bonds. The minimum absolute atomic E-state index is 0.0371. The van der Waals surface area contributed by atoms with E-state index in [-0.39, 0.29) is 23.1 Å². The molecule has 166 valence electrons. The van der Waals surface area contributed by atoms with Gasteiger partial charge in [-0.25, -0.2) is 4.98 Å². The van der Waals surface area contributed by atoms with Crippen molar-refractivity contribution in [3.05, 3.63) is 46.5 Å². The Morgan fingerprint density at radius 2 is 1.84 bits per heavy atom. The Balaban J connectivity index is 1.30. The second kappa shape index (κ2) is 9.09. The standard InChI is InChI=1S/C24H32N4O2S/c1-24(2,3)22(30)28-13-9-18(10-14-28)21(29)26-23-25-19-11-12-27(16-20(19)31-23)15-17-7-5-4-6-8-17/h4-8,18H,9-16H2,1-3H3,(H,25,26,29). The third-order valence-corrected chi connectivity index (χ3v) is 7.08. The van der Waals surface area contributed by atoms with Crippen LogP contribution in [0.3, 0.4) is 0 Å². The predicted octanol–water partition coefficient (Wildman–Crippen LogP) is 3.92. The zero-order valence-electron chi connectivity index (χ0n) is 18.7. The van der Waals surface area contributed by atoms with Crippen LogP contribution in [0, 0.1) is 11.3 Å². The molecule has 0 radical (unpaired) electrons. The molecule has 0 saturated carbocycles. The highest BCUT2D eigenvalue weighted by molar-refractivity contribution is 7.15. The Labute approximate surface area is 188 Å². The van der Waals surface area contributed by atoms with Crippen LogP contribution < -0.4 is 5.32 Å². The van der Waals surface area contributed by atoms with E-state index in [1.165, 1.54) is 10.4 Å². The molecule has 6 nitrogen and oxygen atoms in total. The van der Waals surface area contributed by atoms with Crippen molar-refractivity contribution in [2.24, 2.45) is 11.3 Å². The maximum Gasteiger partial charge on any atom is 0.229 e. The summed E-state index contributed by atoms with van der Waals surface area (Å²) in [6.45, 7) is 9.93. The number of benzene rings is 1. The van der Waals surface area contributed by atoms with Gasteiger partial charge < -0.3 is 10.2 Å². The van der Waals surface area contributed by atoms with E-state index in [9.17, 15) is 9.59 Å². The van der Waals surface area contributed by atoms with Gasteiger partial charge in [-0.1, -0.05) is 51.1 Å². The topological polar surface area (TPSA) is 65.5 Å². The van der Waals surface area contributed by atoms with Gasteiger partial charge in [-0.05, 0) is 18.4 Å². The van der Waals surface area contributed by atoms with Crippen LogP contribution in [0.15, 0.2) is 30.3 Å². The fraction of sp³-hybridized carbons (Fsp3) is 0.542. The Bertz CT molecular complexity index is 927. The van der Waals surface area contributed by atoms with Crippen molar-refractivity contribution in [2.75, 3.05) is 25.0 Å². The van der Waals surface area contributed by atoms with Gasteiger partial charge in [0.2, 0.25) is 11.8 Å². The fourth-order valence-corrected chi connectivity index (χ4v) is 5.36. The van der Waals surface area contributed by atoms with Crippen LogP contribution in [0.1, 0.15) is 49.7 Å². The first-order valence-corrected chi connectivity index (χ1v) is 12.0. The number of likely N-dealkylation sites (tertiary alicyclic amines) is 1. The molecule has 2 aliphatic rings. The number of piperidine rings is 1. The van der Waals surface area contributed by atoms with Gasteiger partial charge in [0.1, 0.15) is 0 Å². The van der Waals surface area contributed by atoms with Gasteiger partial charge in [-0.3, -0.25) is 14.5 Å². The van der Waals surface area contributed by atoms with Crippen LogP contribution >= 0.6 is 11.3 Å². The molecular weight excluding hydrogens is 408 g/mol. The number of carbonyl (C=O) groups excluding carboxylic acids is 2. The van der Waals surface area contributed by atoms with Crippen LogP contribution in [0.4, 0.5) is 5.13 Å². The first-order chi connectivity index (χ1) is 14.8. The van der Waals surface area contributed by atoms with Gasteiger partial charge in [0.15, 0.2) is 5.13 Å². The predicted molar refractivity (Wildman–Crippen MR) is 124 cm³/mol. The van der Waals surface area contributed by atoms with E-state index in [4.69, 9.17) is 4.98 Å². The van der Waals surface area contributed by atoms with E-state index in [0.717, 1.165) is 31.7 Å². The van der Waals surface area contributed by atoms with E-state index in [1.54, 1.807) is 11.3 Å². The van der Waals surface area contributed by atoms with E-state index in [2.05, 4.69) is 34.5 Å². The quantitative estimate of drug-likeness (QED) is 0.783. The van der Waals surface area contributed by atoms with Gasteiger partial charge in [0, 0.05) is 55.4 Å². The molecule has 3 heterocycles. The van der Waals surface area contributed by atoms with Gasteiger partial charge in [0.25, 0.3) is 0 Å². The highest BCUT2D eigenvalue weighted by atomic mass is 32.1. The second-order valence-corrected chi connectivity index (χ2v) is 10.7. The molecule has 2 aromatic rings. The first kappa shape index (κ1) is 22.0. The van der Waals surface area contributed by atoms with E-state index in [0.29, 0.717) is 31.1 Å². The van der Waals surface area contributed by atoms with E-state index in [1.807, 2.05) is 31.7 Å². The number of hydrogen-bond acceptors (Lipinski definition) is 5. The molecule has 4 rings (SSSR count). The summed E-state index contributed by atoms with van der Waals surface area (Å²) in [6.07, 6.45) is 2.34. The molecule has 31 heavy (non-hydrogen) atoms. The third-order valence-electron chi connectivity index (χ3n) is 6.08. The van der Waals surface area contributed by atoms with Crippen molar-refractivity contribution in [1.82, 2.24) is 14.8 Å². The Hall–Kier alpha value is -2.25. The first-order valence-electron chi connectivity index (χ1n) is 11.1. The number of thiazole rings is 1. The summed E-state index contributed by atoms with van der Waals surface area (Å²) in [5.41, 5.74) is 2.07. The minimum atomic E-state index is -0.372. The lowest BCUT2D eigenvalue weighted by Crippen LogP contribution is -2.45. The van der Waals surface area contributed by atoms with E-state index >= 15 is 0 Å². The van der Waals surface area contributed by atoms with E-state index < -0.39 is 0 Å². The summed E-state index contributed by atoms with van der Waals surface area (Å²) >= 11 is 1.60. The monoisotopic (exact) mass is 440 g/mol. The van der Waals surface area contributed by atoms with Crippen molar-refractivity contribution in [3.8, 4) is 0 Å². The fourth-order valence-electron chi connectivity index (χ4n) is 4.30. The van der Waals surface area contributed by atoms with Gasteiger partial charge >= 0.3 is 0 Å². The number of aromatic nitrogens is 1. The number of fused-ring (bicyclic) bond motifs is 1. The smallest absolute Gasteiger partial charge is 0.229 e. The zero-order chi connectivity index (χ0) is 22.0. The normalized spacial score (nSPS) is 18.0. The molecule has 1 aromatic heterocycles. The molecule has 7 heteroatoms. The van der Waals surface area contributed by atoms with Crippen molar-refractivity contribution < 1.29 is 9.59 Å². The molecule has 1 aromatic carbocycles. The molecular formula is C24H32N4O2S. The maximum absolute atomic E-state index is 12.8. The molecule has 0 unspecified atom stereocenters. The molecule has 1 N–H and O–H groups in total. The lowest BCUT2D eigenvalue weighted by atomic mass is 9.91.